The predicted molar refractivity (Wildman–Crippen MR) is 64.8 cm³/mol. The molecule has 2 aliphatic rings. The first kappa shape index (κ1) is 13.3. The molecule has 4 atom stereocenters. The number of carboxylic acid groups (broad SMARTS) is 1. The van der Waals surface area contributed by atoms with Gasteiger partial charge in [0.05, 0.1) is 17.9 Å². The van der Waals surface area contributed by atoms with Gasteiger partial charge < -0.3 is 15.1 Å². The standard InChI is InChI=1S/C13H21NO4/c1-2-8-5-10(11(6-8)13(17)18)12(16)14-4-3-9(15)7-14/h8-11,15H,2-7H2,1H3,(H,17,18). The summed E-state index contributed by atoms with van der Waals surface area (Å²) >= 11 is 0. The summed E-state index contributed by atoms with van der Waals surface area (Å²) in [6.45, 7) is 2.95. The first-order valence-electron chi connectivity index (χ1n) is 6.72. The molecule has 0 radical (unpaired) electrons. The number of carbonyl (C=O) groups excluding carboxylic acids is 1. The third-order valence-electron chi connectivity index (χ3n) is 4.35. The van der Waals surface area contributed by atoms with Crippen LogP contribution in [0.15, 0.2) is 0 Å². The van der Waals surface area contributed by atoms with Crippen molar-refractivity contribution in [3.8, 4) is 0 Å². The van der Waals surface area contributed by atoms with Crippen LogP contribution < -0.4 is 0 Å². The van der Waals surface area contributed by atoms with E-state index < -0.39 is 23.9 Å². The van der Waals surface area contributed by atoms with Crippen molar-refractivity contribution >= 4 is 11.9 Å². The zero-order valence-corrected chi connectivity index (χ0v) is 10.7. The summed E-state index contributed by atoms with van der Waals surface area (Å²) in [5.74, 6) is -1.52. The number of nitrogens with zero attached hydrogens (tertiary/aromatic N) is 1. The van der Waals surface area contributed by atoms with Gasteiger partial charge in [0, 0.05) is 13.1 Å². The van der Waals surface area contributed by atoms with Crippen molar-refractivity contribution in [2.45, 2.75) is 38.7 Å². The molecule has 0 bridgehead atoms. The van der Waals surface area contributed by atoms with Gasteiger partial charge in [0.25, 0.3) is 0 Å². The number of carboxylic acids is 1. The van der Waals surface area contributed by atoms with Crippen LogP contribution in [-0.2, 0) is 9.59 Å². The maximum absolute atomic E-state index is 12.3. The van der Waals surface area contributed by atoms with Gasteiger partial charge in [-0.05, 0) is 25.2 Å². The molecule has 0 spiro atoms. The van der Waals surface area contributed by atoms with Crippen molar-refractivity contribution in [1.29, 1.82) is 0 Å². The molecule has 4 unspecified atom stereocenters. The minimum absolute atomic E-state index is 0.0742. The van der Waals surface area contributed by atoms with Crippen molar-refractivity contribution in [1.82, 2.24) is 4.90 Å². The number of carbonyl (C=O) groups is 2. The topological polar surface area (TPSA) is 77.8 Å². The number of rotatable bonds is 3. The van der Waals surface area contributed by atoms with Crippen LogP contribution in [0.4, 0.5) is 0 Å². The van der Waals surface area contributed by atoms with Crippen molar-refractivity contribution in [3.63, 3.8) is 0 Å². The zero-order chi connectivity index (χ0) is 13.3. The van der Waals surface area contributed by atoms with Gasteiger partial charge >= 0.3 is 5.97 Å². The van der Waals surface area contributed by atoms with Gasteiger partial charge in [-0.25, -0.2) is 0 Å². The summed E-state index contributed by atoms with van der Waals surface area (Å²) in [4.78, 5) is 25.2. The summed E-state index contributed by atoms with van der Waals surface area (Å²) in [6.07, 6.45) is 2.38. The lowest BCUT2D eigenvalue weighted by atomic mass is 9.95. The Labute approximate surface area is 107 Å². The van der Waals surface area contributed by atoms with Crippen molar-refractivity contribution in [2.75, 3.05) is 13.1 Å². The minimum Gasteiger partial charge on any atom is -0.481 e. The minimum atomic E-state index is -0.857. The Balaban J connectivity index is 2.05. The van der Waals surface area contributed by atoms with E-state index in [4.69, 9.17) is 0 Å². The van der Waals surface area contributed by atoms with Gasteiger partial charge in [0.2, 0.25) is 5.91 Å². The molecular weight excluding hydrogens is 234 g/mol. The fourth-order valence-electron chi connectivity index (χ4n) is 3.20. The quantitative estimate of drug-likeness (QED) is 0.779. The monoisotopic (exact) mass is 255 g/mol. The predicted octanol–water partition coefficient (Wildman–Crippen LogP) is 0.717. The molecule has 0 aromatic heterocycles. The summed E-state index contributed by atoms with van der Waals surface area (Å²) in [7, 11) is 0. The Hall–Kier alpha value is -1.10. The van der Waals surface area contributed by atoms with E-state index in [0.29, 0.717) is 38.3 Å². The van der Waals surface area contributed by atoms with E-state index in [1.165, 1.54) is 0 Å². The van der Waals surface area contributed by atoms with Gasteiger partial charge in [0.15, 0.2) is 0 Å². The first-order valence-corrected chi connectivity index (χ1v) is 6.72. The molecule has 102 valence electrons. The Bertz CT molecular complexity index is 344. The SMILES string of the molecule is CCC1CC(C(=O)O)C(C(=O)N2CCC(O)C2)C1. The molecule has 2 fully saturated rings. The third-order valence-corrected chi connectivity index (χ3v) is 4.35. The second-order valence-corrected chi connectivity index (χ2v) is 5.52. The van der Waals surface area contributed by atoms with Crippen LogP contribution in [0.25, 0.3) is 0 Å². The van der Waals surface area contributed by atoms with Gasteiger partial charge in [-0.15, -0.1) is 0 Å². The summed E-state index contributed by atoms with van der Waals surface area (Å²) in [5, 5.41) is 18.7. The molecular formula is C13H21NO4. The average Bonchev–Trinajstić information content (AvgIpc) is 2.93. The number of amides is 1. The molecule has 0 aromatic rings. The second-order valence-electron chi connectivity index (χ2n) is 5.52. The summed E-state index contributed by atoms with van der Waals surface area (Å²) < 4.78 is 0. The Morgan fingerprint density at radius 2 is 1.94 bits per heavy atom. The van der Waals surface area contributed by atoms with E-state index in [0.717, 1.165) is 6.42 Å². The zero-order valence-electron chi connectivity index (χ0n) is 10.7. The number of aliphatic hydroxyl groups is 1. The Kier molecular flexibility index (Phi) is 3.90. The highest BCUT2D eigenvalue weighted by Gasteiger charge is 2.44. The number of aliphatic carboxylic acids is 1. The average molecular weight is 255 g/mol. The molecule has 18 heavy (non-hydrogen) atoms. The van der Waals surface area contributed by atoms with Crippen LogP contribution in [0.2, 0.25) is 0 Å². The van der Waals surface area contributed by atoms with E-state index in [-0.39, 0.29) is 5.91 Å². The molecule has 5 nitrogen and oxygen atoms in total. The third kappa shape index (κ3) is 2.51. The maximum Gasteiger partial charge on any atom is 0.307 e. The lowest BCUT2D eigenvalue weighted by Crippen LogP contribution is -2.38. The Morgan fingerprint density at radius 3 is 2.44 bits per heavy atom. The number of hydrogen-bond acceptors (Lipinski definition) is 3. The molecule has 2 rings (SSSR count). The van der Waals surface area contributed by atoms with E-state index in [1.807, 2.05) is 6.92 Å². The van der Waals surface area contributed by atoms with Gasteiger partial charge in [-0.2, -0.15) is 0 Å². The molecule has 1 saturated heterocycles. The van der Waals surface area contributed by atoms with Crippen molar-refractivity contribution < 1.29 is 19.8 Å². The van der Waals surface area contributed by atoms with Crippen LogP contribution in [0.1, 0.15) is 32.6 Å². The fraction of sp³-hybridized carbons (Fsp3) is 0.846. The number of likely N-dealkylation sites (tertiary alicyclic amines) is 1. The smallest absolute Gasteiger partial charge is 0.307 e. The van der Waals surface area contributed by atoms with Crippen molar-refractivity contribution in [3.05, 3.63) is 0 Å². The summed E-state index contributed by atoms with van der Waals surface area (Å²) in [5.41, 5.74) is 0. The number of hydrogen-bond donors (Lipinski definition) is 2. The lowest BCUT2D eigenvalue weighted by Gasteiger charge is -2.22. The van der Waals surface area contributed by atoms with E-state index in [9.17, 15) is 19.8 Å². The molecule has 1 aliphatic carbocycles. The number of β-amino-alcohol motifs (C(OH)–C–C–N with tert-alkyl or cyclic N) is 1. The van der Waals surface area contributed by atoms with Crippen LogP contribution in [0.3, 0.4) is 0 Å². The second kappa shape index (κ2) is 5.26. The highest BCUT2D eigenvalue weighted by atomic mass is 16.4. The molecule has 1 aliphatic heterocycles. The van der Waals surface area contributed by atoms with Gasteiger partial charge in [-0.1, -0.05) is 13.3 Å². The number of aliphatic hydroxyl groups excluding tert-OH is 1. The highest BCUT2D eigenvalue weighted by molar-refractivity contribution is 5.85. The molecule has 0 aromatic carbocycles. The molecule has 2 N–H and O–H groups in total. The van der Waals surface area contributed by atoms with Crippen LogP contribution >= 0.6 is 0 Å². The normalized spacial score (nSPS) is 36.0. The van der Waals surface area contributed by atoms with Gasteiger partial charge in [-0.3, -0.25) is 9.59 Å². The maximum atomic E-state index is 12.3. The fourth-order valence-corrected chi connectivity index (χ4v) is 3.20. The molecule has 1 heterocycles. The van der Waals surface area contributed by atoms with Crippen LogP contribution in [0, 0.1) is 17.8 Å². The van der Waals surface area contributed by atoms with Gasteiger partial charge in [0.1, 0.15) is 0 Å². The largest absolute Gasteiger partial charge is 0.481 e. The molecule has 1 saturated carbocycles. The van der Waals surface area contributed by atoms with E-state index in [1.54, 1.807) is 4.90 Å². The molecule has 1 amide bonds. The Morgan fingerprint density at radius 1 is 1.28 bits per heavy atom. The highest BCUT2D eigenvalue weighted by Crippen LogP contribution is 2.39. The van der Waals surface area contributed by atoms with Crippen molar-refractivity contribution in [2.24, 2.45) is 17.8 Å². The lowest BCUT2D eigenvalue weighted by molar-refractivity contribution is -0.148. The molecule has 5 heteroatoms. The van der Waals surface area contributed by atoms with E-state index in [2.05, 4.69) is 0 Å². The summed E-state index contributed by atoms with van der Waals surface area (Å²) in [6, 6.07) is 0. The van der Waals surface area contributed by atoms with E-state index >= 15 is 0 Å². The first-order chi connectivity index (χ1) is 8.52. The van der Waals surface area contributed by atoms with Crippen LogP contribution in [0.5, 0.6) is 0 Å². The van der Waals surface area contributed by atoms with Crippen LogP contribution in [-0.4, -0.2) is 46.2 Å².